The van der Waals surface area contributed by atoms with Gasteiger partial charge in [0.2, 0.25) is 0 Å². The molecule has 0 spiro atoms. The molecule has 0 saturated carbocycles. The van der Waals surface area contributed by atoms with E-state index in [1.807, 2.05) is 24.3 Å². The molecule has 5 nitrogen and oxygen atoms in total. The highest BCUT2D eigenvalue weighted by atomic mass is 79.9. The Hall–Kier alpha value is -2.62. The molecule has 1 amide bonds. The number of carbonyl (C=O) groups is 1. The van der Waals surface area contributed by atoms with Crippen molar-refractivity contribution in [3.63, 3.8) is 0 Å². The van der Waals surface area contributed by atoms with Gasteiger partial charge in [-0.25, -0.2) is 9.37 Å². The van der Waals surface area contributed by atoms with E-state index in [0.717, 1.165) is 10.8 Å². The molecule has 4 rings (SSSR count). The zero-order valence-electron chi connectivity index (χ0n) is 15.0. The van der Waals surface area contributed by atoms with Crippen LogP contribution in [0.2, 0.25) is 0 Å². The number of thiocarbonyl (C=S) groups is 1. The first-order valence-electron chi connectivity index (χ1n) is 8.40. The lowest BCUT2D eigenvalue weighted by Crippen LogP contribution is -2.34. The second-order valence-electron chi connectivity index (χ2n) is 6.03. The smallest absolute Gasteiger partial charge is 0.261 e. The van der Waals surface area contributed by atoms with Gasteiger partial charge in [-0.15, -0.1) is 0 Å². The van der Waals surface area contributed by atoms with Crippen LogP contribution < -0.4 is 15.4 Å². The molecule has 0 saturated heterocycles. The maximum absolute atomic E-state index is 13.3. The quantitative estimate of drug-likeness (QED) is 0.372. The van der Waals surface area contributed by atoms with E-state index in [-0.39, 0.29) is 10.9 Å². The number of halogens is 2. The molecule has 0 bridgehead atoms. The van der Waals surface area contributed by atoms with Crippen LogP contribution in [0.25, 0.3) is 21.0 Å². The van der Waals surface area contributed by atoms with Crippen molar-refractivity contribution >= 4 is 76.6 Å². The molecular weight excluding hydrogens is 477 g/mol. The van der Waals surface area contributed by atoms with Crippen LogP contribution in [0, 0.1) is 5.82 Å². The molecule has 0 atom stereocenters. The summed E-state index contributed by atoms with van der Waals surface area (Å²) in [5.41, 5.74) is 0.988. The first-order chi connectivity index (χ1) is 14.0. The van der Waals surface area contributed by atoms with E-state index in [1.54, 1.807) is 12.1 Å². The third kappa shape index (κ3) is 3.93. The highest BCUT2D eigenvalue weighted by Gasteiger charge is 2.19. The van der Waals surface area contributed by atoms with Gasteiger partial charge in [-0.3, -0.25) is 10.1 Å². The van der Waals surface area contributed by atoms with E-state index < -0.39 is 5.91 Å². The highest BCUT2D eigenvalue weighted by Crippen LogP contribution is 2.36. The lowest BCUT2D eigenvalue weighted by Gasteiger charge is -2.14. The van der Waals surface area contributed by atoms with Crippen molar-refractivity contribution in [2.45, 2.75) is 0 Å². The number of anilines is 1. The Bertz CT molecular complexity index is 1280. The van der Waals surface area contributed by atoms with Gasteiger partial charge in [-0.2, -0.15) is 0 Å². The molecule has 0 aliphatic heterocycles. The van der Waals surface area contributed by atoms with Gasteiger partial charge in [0.1, 0.15) is 11.6 Å². The number of ether oxygens (including phenoxy) is 1. The minimum absolute atomic E-state index is 0.0841. The Morgan fingerprint density at radius 2 is 2.03 bits per heavy atom. The summed E-state index contributed by atoms with van der Waals surface area (Å²) >= 11 is 10.0. The summed E-state index contributed by atoms with van der Waals surface area (Å²) in [4.78, 5) is 17.2. The van der Waals surface area contributed by atoms with E-state index >= 15 is 0 Å². The zero-order valence-corrected chi connectivity index (χ0v) is 18.2. The molecule has 29 heavy (non-hydrogen) atoms. The molecule has 1 aromatic heterocycles. The van der Waals surface area contributed by atoms with Gasteiger partial charge in [-0.1, -0.05) is 35.6 Å². The van der Waals surface area contributed by atoms with Crippen LogP contribution in [0.15, 0.2) is 53.0 Å². The predicted molar refractivity (Wildman–Crippen MR) is 121 cm³/mol. The van der Waals surface area contributed by atoms with Crippen molar-refractivity contribution in [1.29, 1.82) is 0 Å². The van der Waals surface area contributed by atoms with Crippen molar-refractivity contribution in [2.24, 2.45) is 0 Å². The monoisotopic (exact) mass is 489 g/mol. The van der Waals surface area contributed by atoms with Crippen molar-refractivity contribution < 1.29 is 13.9 Å². The molecule has 0 unspecified atom stereocenters. The Balaban J connectivity index is 1.57. The average molecular weight is 490 g/mol. The predicted octanol–water partition coefficient (Wildman–Crippen LogP) is 5.49. The molecule has 146 valence electrons. The topological polar surface area (TPSA) is 63.2 Å². The number of benzene rings is 3. The Kier molecular flexibility index (Phi) is 5.44. The normalized spacial score (nSPS) is 10.9. The highest BCUT2D eigenvalue weighted by molar-refractivity contribution is 9.10. The largest absolute Gasteiger partial charge is 0.495 e. The fourth-order valence-electron chi connectivity index (χ4n) is 2.90. The van der Waals surface area contributed by atoms with Crippen molar-refractivity contribution in [1.82, 2.24) is 10.3 Å². The maximum Gasteiger partial charge on any atom is 0.261 e. The van der Waals surface area contributed by atoms with Crippen LogP contribution in [0.3, 0.4) is 0 Å². The van der Waals surface area contributed by atoms with Crippen molar-refractivity contribution in [2.75, 3.05) is 12.4 Å². The molecule has 9 heteroatoms. The van der Waals surface area contributed by atoms with Gasteiger partial charge < -0.3 is 10.1 Å². The molecule has 4 aromatic rings. The third-order valence-corrected chi connectivity index (χ3v) is 6.11. The van der Waals surface area contributed by atoms with Gasteiger partial charge in [0.05, 0.1) is 27.4 Å². The van der Waals surface area contributed by atoms with Gasteiger partial charge in [0, 0.05) is 0 Å². The molecular formula is C20H13BrFN3O2S2. The van der Waals surface area contributed by atoms with Crippen LogP contribution >= 0.6 is 39.5 Å². The average Bonchev–Trinajstić information content (AvgIpc) is 3.08. The second kappa shape index (κ2) is 8.02. The number of carbonyl (C=O) groups excluding carboxylic acids is 1. The maximum atomic E-state index is 13.3. The number of hydrogen-bond acceptors (Lipinski definition) is 5. The lowest BCUT2D eigenvalue weighted by molar-refractivity contribution is 0.0975. The number of fused-ring (bicyclic) bond motifs is 2. The molecule has 0 aliphatic rings. The minimum atomic E-state index is -0.419. The van der Waals surface area contributed by atoms with E-state index in [2.05, 4.69) is 31.5 Å². The molecule has 0 radical (unpaired) electrons. The standard InChI is InChI=1S/C20H13BrFN3O2S2/c1-27-17-13(8-10-4-2-3-5-12(10)16(17)21)18(26)24-19(28)25-20-23-14-7-6-11(22)9-15(14)29-20/h2-9H,1H3,(H2,23,24,25,26,28). The Morgan fingerprint density at radius 3 is 2.83 bits per heavy atom. The number of hydrogen-bond donors (Lipinski definition) is 2. The van der Waals surface area contributed by atoms with Crippen LogP contribution in [0.5, 0.6) is 5.75 Å². The number of nitrogens with one attached hydrogen (secondary N) is 2. The molecule has 2 N–H and O–H groups in total. The van der Waals surface area contributed by atoms with E-state index in [0.29, 0.717) is 31.1 Å². The van der Waals surface area contributed by atoms with E-state index in [4.69, 9.17) is 17.0 Å². The van der Waals surface area contributed by atoms with Gasteiger partial charge in [-0.05, 0) is 63.2 Å². The summed E-state index contributed by atoms with van der Waals surface area (Å²) in [6.07, 6.45) is 0. The van der Waals surface area contributed by atoms with E-state index in [9.17, 15) is 9.18 Å². The van der Waals surface area contributed by atoms with Crippen LogP contribution in [-0.4, -0.2) is 23.1 Å². The first kappa shape index (κ1) is 19.7. The summed E-state index contributed by atoms with van der Waals surface area (Å²) in [6, 6.07) is 13.7. The minimum Gasteiger partial charge on any atom is -0.495 e. The van der Waals surface area contributed by atoms with Gasteiger partial charge >= 0.3 is 0 Å². The lowest BCUT2D eigenvalue weighted by atomic mass is 10.1. The number of aromatic nitrogens is 1. The molecule has 3 aromatic carbocycles. The SMILES string of the molecule is COc1c(C(=O)NC(=S)Nc2nc3ccc(F)cc3s2)cc2ccccc2c1Br. The molecule has 0 aliphatic carbocycles. The van der Waals surface area contributed by atoms with Gasteiger partial charge in [0.15, 0.2) is 10.2 Å². The summed E-state index contributed by atoms with van der Waals surface area (Å²) < 4.78 is 20.2. The van der Waals surface area contributed by atoms with E-state index in [1.165, 1.54) is 30.6 Å². The molecule has 0 fully saturated rings. The third-order valence-electron chi connectivity index (χ3n) is 4.19. The number of amides is 1. The summed E-state index contributed by atoms with van der Waals surface area (Å²) in [7, 11) is 1.50. The molecule has 1 heterocycles. The number of rotatable bonds is 3. The van der Waals surface area contributed by atoms with Crippen molar-refractivity contribution in [3.8, 4) is 5.75 Å². The summed E-state index contributed by atoms with van der Waals surface area (Å²) in [5.74, 6) is -0.338. The number of nitrogens with zero attached hydrogens (tertiary/aromatic N) is 1. The van der Waals surface area contributed by atoms with Crippen LogP contribution in [0.4, 0.5) is 9.52 Å². The number of methoxy groups -OCH3 is 1. The fraction of sp³-hybridized carbons (Fsp3) is 0.0500. The van der Waals surface area contributed by atoms with Gasteiger partial charge in [0.25, 0.3) is 5.91 Å². The van der Waals surface area contributed by atoms with Crippen LogP contribution in [0.1, 0.15) is 10.4 Å². The van der Waals surface area contributed by atoms with Crippen molar-refractivity contribution in [3.05, 3.63) is 64.4 Å². The Morgan fingerprint density at radius 1 is 1.24 bits per heavy atom. The second-order valence-corrected chi connectivity index (χ2v) is 8.26. The zero-order chi connectivity index (χ0) is 20.5. The Labute approximate surface area is 183 Å². The summed E-state index contributed by atoms with van der Waals surface area (Å²) in [5, 5.41) is 7.88. The van der Waals surface area contributed by atoms with Crippen LogP contribution in [-0.2, 0) is 0 Å². The number of thiazole rings is 1. The summed E-state index contributed by atoms with van der Waals surface area (Å²) in [6.45, 7) is 0. The fourth-order valence-corrected chi connectivity index (χ4v) is 4.79. The first-order valence-corrected chi connectivity index (χ1v) is 10.4.